The lowest BCUT2D eigenvalue weighted by Crippen LogP contribution is -2.49. The zero-order chi connectivity index (χ0) is 22.1. The third-order valence-corrected chi connectivity index (χ3v) is 5.56. The smallest absolute Gasteiger partial charge is 0.191 e. The van der Waals surface area contributed by atoms with Crippen LogP contribution in [0.5, 0.6) is 17.2 Å². The molecule has 0 unspecified atom stereocenters. The monoisotopic (exact) mass is 574 g/mol. The Bertz CT molecular complexity index is 854. The molecule has 9 heteroatoms. The third kappa shape index (κ3) is 7.51. The average Bonchev–Trinajstić information content (AvgIpc) is 2.82. The van der Waals surface area contributed by atoms with E-state index >= 15 is 0 Å². The van der Waals surface area contributed by atoms with E-state index in [2.05, 4.69) is 32.7 Å². The topological polar surface area (TPSA) is 67.4 Å². The van der Waals surface area contributed by atoms with Gasteiger partial charge in [0.2, 0.25) is 0 Å². The molecule has 0 saturated carbocycles. The molecule has 0 radical (unpaired) electrons. The third-order valence-electron chi connectivity index (χ3n) is 5.25. The summed E-state index contributed by atoms with van der Waals surface area (Å²) >= 11 is 6.11. The molecular formula is C23H32ClIN4O3. The van der Waals surface area contributed by atoms with Crippen LogP contribution in [0, 0.1) is 0 Å². The second-order valence-corrected chi connectivity index (χ2v) is 7.66. The standard InChI is InChI=1S/C23H31ClN4O3.HI/c1-25-23(26-10-13-31-22-7-5-4-6-21(22)24)27-17-8-11-28(12-9-17)18-14-19(29-2)16-20(15-18)30-3;/h4-7,14-17H,8-13H2,1-3H3,(H2,25,26,27);1H. The fourth-order valence-electron chi connectivity index (χ4n) is 3.54. The minimum atomic E-state index is 0. The largest absolute Gasteiger partial charge is 0.497 e. The molecule has 1 aliphatic rings. The van der Waals surface area contributed by atoms with Crippen LogP contribution in [0.25, 0.3) is 0 Å². The molecule has 2 aromatic rings. The van der Waals surface area contributed by atoms with Crippen LogP contribution >= 0.6 is 35.6 Å². The minimum Gasteiger partial charge on any atom is -0.497 e. The van der Waals surface area contributed by atoms with Gasteiger partial charge in [0.15, 0.2) is 5.96 Å². The van der Waals surface area contributed by atoms with Crippen LogP contribution in [0.15, 0.2) is 47.5 Å². The van der Waals surface area contributed by atoms with Gasteiger partial charge in [-0.15, -0.1) is 24.0 Å². The molecule has 2 aromatic carbocycles. The summed E-state index contributed by atoms with van der Waals surface area (Å²) in [5.41, 5.74) is 1.12. The van der Waals surface area contributed by atoms with Crippen molar-refractivity contribution >= 4 is 47.2 Å². The SMILES string of the molecule is CN=C(NCCOc1ccccc1Cl)NC1CCN(c2cc(OC)cc(OC)c2)CC1.I. The van der Waals surface area contributed by atoms with E-state index < -0.39 is 0 Å². The summed E-state index contributed by atoms with van der Waals surface area (Å²) in [6.07, 6.45) is 2.02. The van der Waals surface area contributed by atoms with Crippen molar-refractivity contribution in [3.63, 3.8) is 0 Å². The maximum atomic E-state index is 6.11. The maximum absolute atomic E-state index is 6.11. The number of hydrogen-bond donors (Lipinski definition) is 2. The van der Waals surface area contributed by atoms with Crippen molar-refractivity contribution in [1.29, 1.82) is 0 Å². The van der Waals surface area contributed by atoms with Crippen LogP contribution in [-0.2, 0) is 0 Å². The Morgan fingerprint density at radius 2 is 1.75 bits per heavy atom. The fourth-order valence-corrected chi connectivity index (χ4v) is 3.73. The molecule has 7 nitrogen and oxygen atoms in total. The zero-order valence-electron chi connectivity index (χ0n) is 18.8. The first-order valence-electron chi connectivity index (χ1n) is 10.5. The van der Waals surface area contributed by atoms with Gasteiger partial charge in [0.05, 0.1) is 25.8 Å². The predicted molar refractivity (Wildman–Crippen MR) is 142 cm³/mol. The molecule has 1 heterocycles. The van der Waals surface area contributed by atoms with Gasteiger partial charge in [-0.05, 0) is 25.0 Å². The highest BCUT2D eigenvalue weighted by atomic mass is 127. The molecule has 1 aliphatic heterocycles. The molecule has 0 amide bonds. The first kappa shape index (κ1) is 26.2. The number of para-hydroxylation sites is 1. The number of benzene rings is 2. The molecule has 2 N–H and O–H groups in total. The Kier molecular flexibility index (Phi) is 11.0. The van der Waals surface area contributed by atoms with E-state index in [4.69, 9.17) is 25.8 Å². The van der Waals surface area contributed by atoms with E-state index in [0.29, 0.717) is 30.0 Å². The Morgan fingerprint density at radius 1 is 1.09 bits per heavy atom. The number of ether oxygens (including phenoxy) is 3. The Morgan fingerprint density at radius 3 is 2.34 bits per heavy atom. The van der Waals surface area contributed by atoms with Gasteiger partial charge < -0.3 is 29.7 Å². The minimum absolute atomic E-state index is 0. The van der Waals surface area contributed by atoms with Crippen LogP contribution in [0.4, 0.5) is 5.69 Å². The first-order chi connectivity index (χ1) is 15.1. The molecule has 0 bridgehead atoms. The van der Waals surface area contributed by atoms with Crippen molar-refractivity contribution in [2.75, 3.05) is 52.4 Å². The van der Waals surface area contributed by atoms with Crippen molar-refractivity contribution in [2.45, 2.75) is 18.9 Å². The normalized spacial score (nSPS) is 14.4. The van der Waals surface area contributed by atoms with Crippen LogP contribution < -0.4 is 29.7 Å². The maximum Gasteiger partial charge on any atom is 0.191 e. The number of halogens is 2. The van der Waals surface area contributed by atoms with E-state index in [9.17, 15) is 0 Å². The van der Waals surface area contributed by atoms with E-state index in [0.717, 1.165) is 49.1 Å². The fraction of sp³-hybridized carbons (Fsp3) is 0.435. The molecule has 0 aliphatic carbocycles. The predicted octanol–water partition coefficient (Wildman–Crippen LogP) is 4.19. The van der Waals surface area contributed by atoms with E-state index in [-0.39, 0.29) is 24.0 Å². The average molecular weight is 575 g/mol. The molecule has 3 rings (SSSR count). The van der Waals surface area contributed by atoms with Gasteiger partial charge in [-0.25, -0.2) is 0 Å². The number of nitrogens with one attached hydrogen (secondary N) is 2. The molecule has 176 valence electrons. The number of anilines is 1. The van der Waals surface area contributed by atoms with Gasteiger partial charge in [-0.2, -0.15) is 0 Å². The highest BCUT2D eigenvalue weighted by molar-refractivity contribution is 14.0. The van der Waals surface area contributed by atoms with Crippen LogP contribution in [0.3, 0.4) is 0 Å². The Labute approximate surface area is 212 Å². The summed E-state index contributed by atoms with van der Waals surface area (Å²) in [6.45, 7) is 3.02. The van der Waals surface area contributed by atoms with E-state index in [1.807, 2.05) is 30.3 Å². The lowest BCUT2D eigenvalue weighted by Gasteiger charge is -2.34. The van der Waals surface area contributed by atoms with Gasteiger partial charge >= 0.3 is 0 Å². The molecule has 1 saturated heterocycles. The number of guanidine groups is 1. The number of methoxy groups -OCH3 is 2. The zero-order valence-corrected chi connectivity index (χ0v) is 21.9. The summed E-state index contributed by atoms with van der Waals surface area (Å²) in [4.78, 5) is 6.69. The summed E-state index contributed by atoms with van der Waals surface area (Å²) in [7, 11) is 5.13. The van der Waals surface area contributed by atoms with Gasteiger partial charge in [-0.1, -0.05) is 23.7 Å². The van der Waals surface area contributed by atoms with E-state index in [1.54, 1.807) is 21.3 Å². The van der Waals surface area contributed by atoms with Crippen molar-refractivity contribution in [2.24, 2.45) is 4.99 Å². The Hall–Kier alpha value is -2.07. The number of nitrogens with zero attached hydrogens (tertiary/aromatic N) is 2. The molecular weight excluding hydrogens is 543 g/mol. The molecule has 32 heavy (non-hydrogen) atoms. The lowest BCUT2D eigenvalue weighted by atomic mass is 10.0. The highest BCUT2D eigenvalue weighted by Crippen LogP contribution is 2.30. The first-order valence-corrected chi connectivity index (χ1v) is 10.8. The number of rotatable bonds is 8. The van der Waals surface area contributed by atoms with Crippen molar-refractivity contribution in [3.8, 4) is 17.2 Å². The van der Waals surface area contributed by atoms with Crippen LogP contribution in [0.1, 0.15) is 12.8 Å². The van der Waals surface area contributed by atoms with Gasteiger partial charge in [0.1, 0.15) is 23.9 Å². The molecule has 0 spiro atoms. The second kappa shape index (κ2) is 13.5. The van der Waals surface area contributed by atoms with Gasteiger partial charge in [0.25, 0.3) is 0 Å². The van der Waals surface area contributed by atoms with Crippen LogP contribution in [-0.4, -0.2) is 59.5 Å². The van der Waals surface area contributed by atoms with Crippen molar-refractivity contribution in [1.82, 2.24) is 10.6 Å². The van der Waals surface area contributed by atoms with E-state index in [1.165, 1.54) is 0 Å². The quantitative estimate of drug-likeness (QED) is 0.213. The van der Waals surface area contributed by atoms with Crippen molar-refractivity contribution in [3.05, 3.63) is 47.5 Å². The summed E-state index contributed by atoms with van der Waals surface area (Å²) in [5, 5.41) is 7.43. The second-order valence-electron chi connectivity index (χ2n) is 7.25. The number of aliphatic imine (C=N–C) groups is 1. The Balaban J connectivity index is 0.00000363. The lowest BCUT2D eigenvalue weighted by molar-refractivity contribution is 0.321. The molecule has 0 atom stereocenters. The molecule has 1 fully saturated rings. The summed E-state index contributed by atoms with van der Waals surface area (Å²) < 4.78 is 16.5. The number of hydrogen-bond acceptors (Lipinski definition) is 5. The van der Waals surface area contributed by atoms with Crippen molar-refractivity contribution < 1.29 is 14.2 Å². The van der Waals surface area contributed by atoms with Crippen LogP contribution in [0.2, 0.25) is 5.02 Å². The number of piperidine rings is 1. The summed E-state index contributed by atoms with van der Waals surface area (Å²) in [5.74, 6) is 3.08. The van der Waals surface area contributed by atoms with Gasteiger partial charge in [0, 0.05) is 50.1 Å². The molecule has 0 aromatic heterocycles. The van der Waals surface area contributed by atoms with Gasteiger partial charge in [-0.3, -0.25) is 4.99 Å². The summed E-state index contributed by atoms with van der Waals surface area (Å²) in [6, 6.07) is 13.8. The highest BCUT2D eigenvalue weighted by Gasteiger charge is 2.21.